The summed E-state index contributed by atoms with van der Waals surface area (Å²) in [7, 11) is 1.54. The lowest BCUT2D eigenvalue weighted by molar-refractivity contribution is 0.00822. The fraction of sp³-hybridized carbons (Fsp3) is 0.462. The zero-order chi connectivity index (χ0) is 13.0. The maximum Gasteiger partial charge on any atom is 0.189 e. The van der Waals surface area contributed by atoms with Gasteiger partial charge in [-0.25, -0.2) is 0 Å². The van der Waals surface area contributed by atoms with E-state index in [1.807, 2.05) is 0 Å². The van der Waals surface area contributed by atoms with Gasteiger partial charge in [0.2, 0.25) is 0 Å². The number of carbonyl (C=O) groups is 1. The Labute approximate surface area is 114 Å². The second kappa shape index (κ2) is 6.20. The van der Waals surface area contributed by atoms with Crippen molar-refractivity contribution in [2.75, 3.05) is 20.5 Å². The number of hydrogen-bond donors (Lipinski definition) is 0. The number of rotatable bonds is 7. The van der Waals surface area contributed by atoms with E-state index in [1.165, 1.54) is 20.0 Å². The number of ether oxygens (including phenoxy) is 3. The largest absolute Gasteiger partial charge is 0.493 e. The van der Waals surface area contributed by atoms with Crippen molar-refractivity contribution < 1.29 is 19.0 Å². The predicted molar refractivity (Wildman–Crippen MR) is 70.3 cm³/mol. The molecule has 0 aromatic heterocycles. The molecule has 1 aromatic carbocycles. The van der Waals surface area contributed by atoms with Crippen LogP contribution in [0.1, 0.15) is 23.2 Å². The lowest BCUT2D eigenvalue weighted by atomic mass is 10.2. The average Bonchev–Trinajstić information content (AvgIpc) is 3.19. The van der Waals surface area contributed by atoms with Gasteiger partial charge < -0.3 is 14.2 Å². The molecule has 1 aliphatic rings. The Morgan fingerprint density at radius 3 is 2.83 bits per heavy atom. The molecule has 0 spiro atoms. The minimum Gasteiger partial charge on any atom is -0.493 e. The van der Waals surface area contributed by atoms with Gasteiger partial charge in [0, 0.05) is 5.56 Å². The first kappa shape index (κ1) is 13.4. The van der Waals surface area contributed by atoms with Crippen molar-refractivity contribution in [2.24, 2.45) is 5.92 Å². The van der Waals surface area contributed by atoms with Gasteiger partial charge in [-0.05, 0) is 46.8 Å². The molecule has 18 heavy (non-hydrogen) atoms. The normalized spacial score (nSPS) is 14.3. The van der Waals surface area contributed by atoms with Crippen LogP contribution in [0.4, 0.5) is 0 Å². The van der Waals surface area contributed by atoms with Crippen molar-refractivity contribution in [2.45, 2.75) is 12.8 Å². The molecule has 1 aliphatic carbocycles. The van der Waals surface area contributed by atoms with Crippen LogP contribution in [0.25, 0.3) is 0 Å². The topological polar surface area (TPSA) is 44.8 Å². The van der Waals surface area contributed by atoms with E-state index in [2.05, 4.69) is 15.9 Å². The molecule has 0 heterocycles. The number of hydrogen-bond acceptors (Lipinski definition) is 4. The van der Waals surface area contributed by atoms with Crippen LogP contribution in [-0.4, -0.2) is 26.8 Å². The molecule has 0 unspecified atom stereocenters. The van der Waals surface area contributed by atoms with Gasteiger partial charge in [-0.1, -0.05) is 0 Å². The van der Waals surface area contributed by atoms with Crippen LogP contribution in [0, 0.1) is 5.92 Å². The smallest absolute Gasteiger partial charge is 0.189 e. The van der Waals surface area contributed by atoms with Crippen molar-refractivity contribution in [1.29, 1.82) is 0 Å². The molecule has 1 saturated carbocycles. The second-order valence-corrected chi connectivity index (χ2v) is 5.08. The van der Waals surface area contributed by atoms with Gasteiger partial charge >= 0.3 is 0 Å². The Morgan fingerprint density at radius 2 is 2.22 bits per heavy atom. The van der Waals surface area contributed by atoms with E-state index in [-0.39, 0.29) is 6.79 Å². The zero-order valence-electron chi connectivity index (χ0n) is 10.1. The van der Waals surface area contributed by atoms with Gasteiger partial charge in [0.05, 0.1) is 18.2 Å². The van der Waals surface area contributed by atoms with E-state index in [1.54, 1.807) is 12.1 Å². The van der Waals surface area contributed by atoms with Crippen molar-refractivity contribution in [3.05, 3.63) is 22.2 Å². The molecular formula is C13H15BrO4. The summed E-state index contributed by atoms with van der Waals surface area (Å²) in [5.41, 5.74) is 0.532. The molecule has 0 atom stereocenters. The first-order valence-electron chi connectivity index (χ1n) is 5.78. The van der Waals surface area contributed by atoms with Crippen molar-refractivity contribution in [3.8, 4) is 11.5 Å². The van der Waals surface area contributed by atoms with Crippen LogP contribution in [0.15, 0.2) is 16.6 Å². The Morgan fingerprint density at radius 1 is 1.44 bits per heavy atom. The highest BCUT2D eigenvalue weighted by molar-refractivity contribution is 9.10. The van der Waals surface area contributed by atoms with Crippen LogP contribution in [0.2, 0.25) is 0 Å². The first-order valence-corrected chi connectivity index (χ1v) is 6.57. The molecule has 98 valence electrons. The molecule has 5 heteroatoms. The molecule has 1 aromatic rings. The summed E-state index contributed by atoms with van der Waals surface area (Å²) in [6, 6.07) is 3.32. The second-order valence-electron chi connectivity index (χ2n) is 4.23. The molecule has 1 fully saturated rings. The third kappa shape index (κ3) is 3.46. The standard InChI is InChI=1S/C13H15BrO4/c1-16-12-5-10(6-15)4-11(14)13(12)18-8-17-7-9-2-3-9/h4-6,9H,2-3,7-8H2,1H3. The van der Waals surface area contributed by atoms with E-state index in [0.29, 0.717) is 27.5 Å². The minimum atomic E-state index is 0.186. The van der Waals surface area contributed by atoms with Crippen LogP contribution < -0.4 is 9.47 Å². The lowest BCUT2D eigenvalue weighted by Gasteiger charge is -2.13. The van der Waals surface area contributed by atoms with Crippen molar-refractivity contribution in [1.82, 2.24) is 0 Å². The van der Waals surface area contributed by atoms with Crippen LogP contribution >= 0.6 is 15.9 Å². The summed E-state index contributed by atoms with van der Waals surface area (Å²) in [4.78, 5) is 10.7. The van der Waals surface area contributed by atoms with Gasteiger partial charge in [-0.3, -0.25) is 4.79 Å². The molecule has 0 bridgehead atoms. The number of aldehydes is 1. The highest BCUT2D eigenvalue weighted by Gasteiger charge is 2.21. The molecule has 0 aliphatic heterocycles. The van der Waals surface area contributed by atoms with Crippen molar-refractivity contribution in [3.63, 3.8) is 0 Å². The Hall–Kier alpha value is -1.07. The van der Waals surface area contributed by atoms with Gasteiger partial charge in [0.1, 0.15) is 6.29 Å². The quantitative estimate of drug-likeness (QED) is 0.441. The van der Waals surface area contributed by atoms with E-state index < -0.39 is 0 Å². The fourth-order valence-corrected chi connectivity index (χ4v) is 2.12. The SMILES string of the molecule is COc1cc(C=O)cc(Br)c1OCOCC1CC1. The third-order valence-corrected chi connectivity index (χ3v) is 3.31. The Bertz CT molecular complexity index is 429. The lowest BCUT2D eigenvalue weighted by Crippen LogP contribution is -2.06. The highest BCUT2D eigenvalue weighted by Crippen LogP contribution is 2.36. The average molecular weight is 315 g/mol. The first-order chi connectivity index (χ1) is 8.74. The molecule has 4 nitrogen and oxygen atoms in total. The van der Waals surface area contributed by atoms with Crippen LogP contribution in [-0.2, 0) is 4.74 Å². The summed E-state index contributed by atoms with van der Waals surface area (Å²) in [5.74, 6) is 1.77. The zero-order valence-corrected chi connectivity index (χ0v) is 11.7. The Balaban J connectivity index is 1.98. The maximum absolute atomic E-state index is 10.7. The molecule has 0 radical (unpaired) electrons. The van der Waals surface area contributed by atoms with Gasteiger partial charge in [0.15, 0.2) is 18.3 Å². The summed E-state index contributed by atoms with van der Waals surface area (Å²) >= 11 is 3.35. The minimum absolute atomic E-state index is 0.186. The maximum atomic E-state index is 10.7. The summed E-state index contributed by atoms with van der Waals surface area (Å²) < 4.78 is 16.8. The van der Waals surface area contributed by atoms with Gasteiger partial charge in [-0.2, -0.15) is 0 Å². The summed E-state index contributed by atoms with van der Waals surface area (Å²) in [5, 5.41) is 0. The van der Waals surface area contributed by atoms with Gasteiger partial charge in [0.25, 0.3) is 0 Å². The number of halogens is 1. The number of carbonyl (C=O) groups excluding carboxylic acids is 1. The molecule has 0 amide bonds. The van der Waals surface area contributed by atoms with Crippen LogP contribution in [0.5, 0.6) is 11.5 Å². The fourth-order valence-electron chi connectivity index (χ4n) is 1.55. The molecular weight excluding hydrogens is 300 g/mol. The molecule has 2 rings (SSSR count). The third-order valence-electron chi connectivity index (χ3n) is 2.72. The summed E-state index contributed by atoms with van der Waals surface area (Å²) in [6.07, 6.45) is 3.27. The van der Waals surface area contributed by atoms with E-state index in [0.717, 1.165) is 12.9 Å². The molecule has 0 saturated heterocycles. The number of methoxy groups -OCH3 is 1. The Kier molecular flexibility index (Phi) is 4.60. The molecule has 0 N–H and O–H groups in total. The highest BCUT2D eigenvalue weighted by atomic mass is 79.9. The van der Waals surface area contributed by atoms with Crippen LogP contribution in [0.3, 0.4) is 0 Å². The van der Waals surface area contributed by atoms with Gasteiger partial charge in [-0.15, -0.1) is 0 Å². The monoisotopic (exact) mass is 314 g/mol. The van der Waals surface area contributed by atoms with Crippen molar-refractivity contribution >= 4 is 22.2 Å². The summed E-state index contributed by atoms with van der Waals surface area (Å²) in [6.45, 7) is 0.929. The number of benzene rings is 1. The predicted octanol–water partition coefficient (Wildman–Crippen LogP) is 3.03. The van der Waals surface area contributed by atoms with E-state index >= 15 is 0 Å². The van der Waals surface area contributed by atoms with E-state index in [4.69, 9.17) is 14.2 Å². The van der Waals surface area contributed by atoms with E-state index in [9.17, 15) is 4.79 Å².